The number of carbonyl (C=O) groups excluding carboxylic acids is 1. The van der Waals surface area contributed by atoms with E-state index < -0.39 is 5.41 Å². The fourth-order valence-electron chi connectivity index (χ4n) is 2.13. The van der Waals surface area contributed by atoms with E-state index in [4.69, 9.17) is 9.15 Å². The molecule has 0 bridgehead atoms. The minimum atomic E-state index is -0.561. The number of ether oxygens (including phenoxy) is 1. The summed E-state index contributed by atoms with van der Waals surface area (Å²) in [5.74, 6) is 2.01. The average molecular weight is 246 g/mol. The summed E-state index contributed by atoms with van der Waals surface area (Å²) in [5.41, 5.74) is 0.225. The molecule has 0 radical (unpaired) electrons. The predicted molar refractivity (Wildman–Crippen MR) is 64.0 cm³/mol. The van der Waals surface area contributed by atoms with Crippen LogP contribution < -0.4 is 0 Å². The molecule has 1 saturated carbocycles. The Bertz CT molecular complexity index is 593. The number of rotatable bonds is 3. The van der Waals surface area contributed by atoms with Crippen LogP contribution in [-0.2, 0) is 14.9 Å². The highest BCUT2D eigenvalue weighted by atomic mass is 16.5. The summed E-state index contributed by atoms with van der Waals surface area (Å²) in [7, 11) is 1.40. The Morgan fingerprint density at radius 2 is 2.28 bits per heavy atom. The van der Waals surface area contributed by atoms with Crippen LogP contribution >= 0.6 is 0 Å². The number of aryl methyl sites for hydroxylation is 1. The van der Waals surface area contributed by atoms with E-state index >= 15 is 0 Å². The van der Waals surface area contributed by atoms with Crippen molar-refractivity contribution in [3.8, 4) is 11.5 Å². The van der Waals surface area contributed by atoms with Crippen molar-refractivity contribution in [2.45, 2.75) is 25.2 Å². The lowest BCUT2D eigenvalue weighted by molar-refractivity contribution is -0.143. The number of methoxy groups -OCH3 is 1. The number of hydrogen-bond acceptors (Lipinski definition) is 4. The predicted octanol–water partition coefficient (Wildman–Crippen LogP) is 2.18. The molecule has 3 rings (SSSR count). The summed E-state index contributed by atoms with van der Waals surface area (Å²) in [6.07, 6.45) is 3.25. The minimum Gasteiger partial charge on any atom is -0.468 e. The van der Waals surface area contributed by atoms with Gasteiger partial charge in [-0.15, -0.1) is 0 Å². The van der Waals surface area contributed by atoms with E-state index in [1.54, 1.807) is 6.20 Å². The molecule has 0 amide bonds. The van der Waals surface area contributed by atoms with Gasteiger partial charge in [-0.25, -0.2) is 4.98 Å². The van der Waals surface area contributed by atoms with Gasteiger partial charge in [-0.3, -0.25) is 4.79 Å². The van der Waals surface area contributed by atoms with Gasteiger partial charge in [-0.05, 0) is 31.9 Å². The Labute approximate surface area is 104 Å². The molecule has 18 heavy (non-hydrogen) atoms. The van der Waals surface area contributed by atoms with Gasteiger partial charge in [-0.2, -0.15) is 0 Å². The largest absolute Gasteiger partial charge is 0.468 e. The zero-order valence-electron chi connectivity index (χ0n) is 10.3. The summed E-state index contributed by atoms with van der Waals surface area (Å²) in [6.45, 7) is 1.89. The van der Waals surface area contributed by atoms with Crippen LogP contribution in [0.25, 0.3) is 11.5 Å². The molecule has 1 aliphatic carbocycles. The van der Waals surface area contributed by atoms with Crippen molar-refractivity contribution in [2.75, 3.05) is 7.11 Å². The highest BCUT2D eigenvalue weighted by Gasteiger charge is 2.55. The summed E-state index contributed by atoms with van der Waals surface area (Å²) in [5, 5.41) is 0. The lowest BCUT2D eigenvalue weighted by atomic mass is 10.1. The third-order valence-electron chi connectivity index (χ3n) is 3.36. The van der Waals surface area contributed by atoms with E-state index in [0.717, 1.165) is 30.1 Å². The molecular formula is C13H14N2O3. The SMILES string of the molecule is COC(=O)C1(c2ncc(-c3ccc(C)o3)[nH]2)CC1. The minimum absolute atomic E-state index is 0.223. The highest BCUT2D eigenvalue weighted by molar-refractivity contribution is 5.85. The van der Waals surface area contributed by atoms with E-state index in [9.17, 15) is 4.79 Å². The number of esters is 1. The van der Waals surface area contributed by atoms with E-state index in [1.807, 2.05) is 19.1 Å². The van der Waals surface area contributed by atoms with Crippen molar-refractivity contribution < 1.29 is 13.9 Å². The molecule has 0 spiro atoms. The first kappa shape index (κ1) is 11.1. The van der Waals surface area contributed by atoms with Gasteiger partial charge in [0.15, 0.2) is 5.76 Å². The zero-order valence-corrected chi connectivity index (χ0v) is 10.3. The Morgan fingerprint density at radius 3 is 2.83 bits per heavy atom. The van der Waals surface area contributed by atoms with Crippen LogP contribution in [0.1, 0.15) is 24.4 Å². The summed E-state index contributed by atoms with van der Waals surface area (Å²) >= 11 is 0. The Kier molecular flexibility index (Phi) is 2.29. The van der Waals surface area contributed by atoms with Crippen LogP contribution in [-0.4, -0.2) is 23.0 Å². The second-order valence-electron chi connectivity index (χ2n) is 4.63. The molecule has 1 fully saturated rings. The maximum absolute atomic E-state index is 11.7. The summed E-state index contributed by atoms with van der Waals surface area (Å²) in [4.78, 5) is 19.2. The van der Waals surface area contributed by atoms with Gasteiger partial charge in [0.05, 0.1) is 13.3 Å². The van der Waals surface area contributed by atoms with Gasteiger partial charge in [0.25, 0.3) is 0 Å². The fourth-order valence-corrected chi connectivity index (χ4v) is 2.13. The molecular weight excluding hydrogens is 232 g/mol. The van der Waals surface area contributed by atoms with Gasteiger partial charge >= 0.3 is 5.97 Å². The van der Waals surface area contributed by atoms with Crippen LogP contribution in [0.15, 0.2) is 22.7 Å². The first-order valence-electron chi connectivity index (χ1n) is 5.86. The van der Waals surface area contributed by atoms with Crippen LogP contribution in [0.2, 0.25) is 0 Å². The molecule has 1 N–H and O–H groups in total. The van der Waals surface area contributed by atoms with E-state index in [1.165, 1.54) is 7.11 Å². The van der Waals surface area contributed by atoms with Gasteiger partial charge in [0.1, 0.15) is 22.7 Å². The van der Waals surface area contributed by atoms with E-state index in [0.29, 0.717) is 5.82 Å². The third-order valence-corrected chi connectivity index (χ3v) is 3.36. The molecule has 2 aromatic heterocycles. The van der Waals surface area contributed by atoms with Crippen LogP contribution in [0.4, 0.5) is 0 Å². The molecule has 0 atom stereocenters. The number of furan rings is 1. The topological polar surface area (TPSA) is 68.1 Å². The van der Waals surface area contributed by atoms with Crippen molar-refractivity contribution >= 4 is 5.97 Å². The van der Waals surface area contributed by atoms with Crippen molar-refractivity contribution in [1.82, 2.24) is 9.97 Å². The standard InChI is InChI=1S/C13H14N2O3/c1-8-3-4-10(18-8)9-7-14-11(15-9)13(5-6-13)12(16)17-2/h3-4,7H,5-6H2,1-2H3,(H,14,15). The number of H-pyrrole nitrogens is 1. The second-order valence-corrected chi connectivity index (χ2v) is 4.63. The molecule has 5 nitrogen and oxygen atoms in total. The highest BCUT2D eigenvalue weighted by Crippen LogP contribution is 2.48. The number of aromatic nitrogens is 2. The van der Waals surface area contributed by atoms with Crippen LogP contribution in [0.3, 0.4) is 0 Å². The van der Waals surface area contributed by atoms with Crippen molar-refractivity contribution in [2.24, 2.45) is 0 Å². The summed E-state index contributed by atoms with van der Waals surface area (Å²) < 4.78 is 10.3. The van der Waals surface area contributed by atoms with E-state index in [-0.39, 0.29) is 5.97 Å². The number of carbonyl (C=O) groups is 1. The van der Waals surface area contributed by atoms with Crippen molar-refractivity contribution in [3.63, 3.8) is 0 Å². The summed E-state index contributed by atoms with van der Waals surface area (Å²) in [6, 6.07) is 3.77. The molecule has 5 heteroatoms. The smallest absolute Gasteiger partial charge is 0.319 e. The fraction of sp³-hybridized carbons (Fsp3) is 0.385. The lowest BCUT2D eigenvalue weighted by Gasteiger charge is -2.08. The van der Waals surface area contributed by atoms with Crippen LogP contribution in [0, 0.1) is 6.92 Å². The van der Waals surface area contributed by atoms with Gasteiger partial charge < -0.3 is 14.1 Å². The normalized spacial score (nSPS) is 16.6. The number of imidazole rings is 1. The van der Waals surface area contributed by atoms with Crippen molar-refractivity contribution in [1.29, 1.82) is 0 Å². The second kappa shape index (κ2) is 3.73. The van der Waals surface area contributed by atoms with Crippen LogP contribution in [0.5, 0.6) is 0 Å². The molecule has 0 saturated heterocycles. The van der Waals surface area contributed by atoms with Crippen molar-refractivity contribution in [3.05, 3.63) is 29.9 Å². The number of nitrogens with zero attached hydrogens (tertiary/aromatic N) is 1. The first-order chi connectivity index (χ1) is 8.65. The Hall–Kier alpha value is -2.04. The first-order valence-corrected chi connectivity index (χ1v) is 5.86. The molecule has 0 aliphatic heterocycles. The maximum Gasteiger partial charge on any atom is 0.319 e. The number of hydrogen-bond donors (Lipinski definition) is 1. The monoisotopic (exact) mass is 246 g/mol. The number of nitrogens with one attached hydrogen (secondary N) is 1. The third kappa shape index (κ3) is 1.54. The molecule has 0 aromatic carbocycles. The molecule has 94 valence electrons. The zero-order chi connectivity index (χ0) is 12.8. The quantitative estimate of drug-likeness (QED) is 0.843. The Morgan fingerprint density at radius 1 is 1.50 bits per heavy atom. The van der Waals surface area contributed by atoms with Gasteiger partial charge in [0.2, 0.25) is 0 Å². The molecule has 0 unspecified atom stereocenters. The molecule has 2 aromatic rings. The Balaban J connectivity index is 1.93. The number of aromatic amines is 1. The average Bonchev–Trinajstić information content (AvgIpc) is 2.84. The van der Waals surface area contributed by atoms with E-state index in [2.05, 4.69) is 9.97 Å². The molecule has 1 aliphatic rings. The lowest BCUT2D eigenvalue weighted by Crippen LogP contribution is -2.23. The van der Waals surface area contributed by atoms with Gasteiger partial charge in [-0.1, -0.05) is 0 Å². The maximum atomic E-state index is 11.7. The molecule has 2 heterocycles. The van der Waals surface area contributed by atoms with Gasteiger partial charge in [0, 0.05) is 0 Å².